The number of ether oxygens (including phenoxy) is 2. The largest absolute Gasteiger partial charge is 0.508 e. The highest BCUT2D eigenvalue weighted by molar-refractivity contribution is 5.71. The van der Waals surface area contributed by atoms with Crippen molar-refractivity contribution in [3.8, 4) is 17.2 Å². The zero-order chi connectivity index (χ0) is 23.3. The number of hydrogen-bond acceptors (Lipinski definition) is 3. The van der Waals surface area contributed by atoms with Crippen LogP contribution in [-0.4, -0.2) is 19.3 Å². The lowest BCUT2D eigenvalue weighted by Gasteiger charge is -2.05. The lowest BCUT2D eigenvalue weighted by molar-refractivity contribution is 0.394. The molecule has 0 bridgehead atoms. The predicted molar refractivity (Wildman–Crippen MR) is 138 cm³/mol. The number of methoxy groups -OCH3 is 2. The third kappa shape index (κ3) is 8.08. The van der Waals surface area contributed by atoms with Crippen molar-refractivity contribution in [2.24, 2.45) is 0 Å². The monoisotopic (exact) mass is 436 g/mol. The Labute approximate surface area is 195 Å². The molecule has 0 atom stereocenters. The highest BCUT2D eigenvalue weighted by atomic mass is 16.5. The summed E-state index contributed by atoms with van der Waals surface area (Å²) in [6, 6.07) is 33.3. The van der Waals surface area contributed by atoms with Crippen molar-refractivity contribution < 1.29 is 14.6 Å². The molecule has 1 N–H and O–H groups in total. The molecular formula is C30H28O3. The van der Waals surface area contributed by atoms with E-state index in [0.717, 1.165) is 22.6 Å². The van der Waals surface area contributed by atoms with Gasteiger partial charge in [0.1, 0.15) is 17.2 Å². The first-order valence-electron chi connectivity index (χ1n) is 10.6. The average molecular weight is 437 g/mol. The molecule has 0 aliphatic heterocycles. The molecule has 0 aliphatic carbocycles. The second-order valence-corrected chi connectivity index (χ2v) is 7.23. The smallest absolute Gasteiger partial charge is 0.123 e. The zero-order valence-electron chi connectivity index (χ0n) is 18.9. The van der Waals surface area contributed by atoms with Gasteiger partial charge in [-0.1, -0.05) is 97.1 Å². The lowest BCUT2D eigenvalue weighted by Crippen LogP contribution is -1.88. The molecule has 0 spiro atoms. The molecule has 0 heterocycles. The highest BCUT2D eigenvalue weighted by Crippen LogP contribution is 2.24. The van der Waals surface area contributed by atoms with E-state index in [2.05, 4.69) is 36.4 Å². The molecule has 3 nitrogen and oxygen atoms in total. The Morgan fingerprint density at radius 1 is 0.485 bits per heavy atom. The second kappa shape index (κ2) is 12.6. The first-order chi connectivity index (χ1) is 16.2. The summed E-state index contributed by atoms with van der Waals surface area (Å²) in [6.45, 7) is 0. The summed E-state index contributed by atoms with van der Waals surface area (Å²) < 4.78 is 10.4. The Morgan fingerprint density at radius 2 is 0.879 bits per heavy atom. The Hall–Kier alpha value is -4.24. The minimum absolute atomic E-state index is 0.264. The van der Waals surface area contributed by atoms with E-state index in [1.54, 1.807) is 26.4 Å². The Bertz CT molecular complexity index is 1100. The number of phenolic OH excluding ortho intramolecular Hbond substituents is 1. The summed E-state index contributed by atoms with van der Waals surface area (Å²) >= 11 is 0. The van der Waals surface area contributed by atoms with E-state index in [1.165, 1.54) is 11.1 Å². The maximum absolute atomic E-state index is 9.22. The van der Waals surface area contributed by atoms with Crippen LogP contribution in [0.4, 0.5) is 0 Å². The van der Waals surface area contributed by atoms with E-state index in [1.807, 2.05) is 78.9 Å². The molecule has 0 saturated heterocycles. The van der Waals surface area contributed by atoms with E-state index in [-0.39, 0.29) is 5.75 Å². The van der Waals surface area contributed by atoms with Crippen molar-refractivity contribution in [3.63, 3.8) is 0 Å². The van der Waals surface area contributed by atoms with Gasteiger partial charge in [-0.3, -0.25) is 0 Å². The van der Waals surface area contributed by atoms with E-state index in [0.29, 0.717) is 0 Å². The molecule has 0 radical (unpaired) electrons. The van der Waals surface area contributed by atoms with Crippen LogP contribution < -0.4 is 9.47 Å². The molecule has 0 unspecified atom stereocenters. The molecule has 0 fully saturated rings. The van der Waals surface area contributed by atoms with Gasteiger partial charge < -0.3 is 14.6 Å². The summed E-state index contributed by atoms with van der Waals surface area (Å²) in [5, 5.41) is 9.22. The SMILES string of the molecule is C(=C\c1ccccc1)/c1ccccc1.COc1cc(/C=C/c2ccc(O)cc2)cc(OC)c1. The van der Waals surface area contributed by atoms with Crippen molar-refractivity contribution in [2.45, 2.75) is 0 Å². The first-order valence-corrected chi connectivity index (χ1v) is 10.6. The van der Waals surface area contributed by atoms with Crippen LogP contribution in [0.3, 0.4) is 0 Å². The number of benzene rings is 4. The summed E-state index contributed by atoms with van der Waals surface area (Å²) in [5.74, 6) is 1.77. The highest BCUT2D eigenvalue weighted by Gasteiger charge is 1.99. The number of phenols is 1. The first kappa shape index (κ1) is 23.4. The van der Waals surface area contributed by atoms with Gasteiger partial charge in [0.05, 0.1) is 14.2 Å². The quantitative estimate of drug-likeness (QED) is 0.319. The molecule has 33 heavy (non-hydrogen) atoms. The van der Waals surface area contributed by atoms with E-state index < -0.39 is 0 Å². The summed E-state index contributed by atoms with van der Waals surface area (Å²) in [4.78, 5) is 0. The van der Waals surface area contributed by atoms with Gasteiger partial charge in [0.15, 0.2) is 0 Å². The molecule has 0 aliphatic rings. The Balaban J connectivity index is 0.000000194. The number of rotatable bonds is 6. The summed E-state index contributed by atoms with van der Waals surface area (Å²) in [5.41, 5.74) is 4.47. The fourth-order valence-corrected chi connectivity index (χ4v) is 3.02. The van der Waals surface area contributed by atoms with Crippen LogP contribution >= 0.6 is 0 Å². The molecule has 0 aromatic heterocycles. The van der Waals surface area contributed by atoms with Gasteiger partial charge in [0.25, 0.3) is 0 Å². The summed E-state index contributed by atoms with van der Waals surface area (Å²) in [7, 11) is 3.25. The van der Waals surface area contributed by atoms with Gasteiger partial charge in [-0.25, -0.2) is 0 Å². The standard InChI is InChI=1S/C16H16O3.C14H12/c1-18-15-9-13(10-16(11-15)19-2)4-3-12-5-7-14(17)8-6-12;1-3-7-13(8-4-1)11-12-14-9-5-2-6-10-14/h3-11,17H,1-2H3;1-12H/b4-3+;12-11+. The van der Waals surface area contributed by atoms with Crippen LogP contribution in [0.1, 0.15) is 22.3 Å². The van der Waals surface area contributed by atoms with Gasteiger partial charge in [-0.05, 0) is 46.5 Å². The van der Waals surface area contributed by atoms with Crippen molar-refractivity contribution in [3.05, 3.63) is 125 Å². The Kier molecular flexibility index (Phi) is 8.93. The molecule has 4 aromatic rings. The van der Waals surface area contributed by atoms with Crippen LogP contribution in [0.25, 0.3) is 24.3 Å². The Morgan fingerprint density at radius 3 is 1.30 bits per heavy atom. The molecule has 3 heteroatoms. The maximum atomic E-state index is 9.22. The second-order valence-electron chi connectivity index (χ2n) is 7.23. The van der Waals surface area contributed by atoms with Crippen molar-refractivity contribution in [1.82, 2.24) is 0 Å². The van der Waals surface area contributed by atoms with Gasteiger partial charge in [-0.2, -0.15) is 0 Å². The van der Waals surface area contributed by atoms with Gasteiger partial charge in [0.2, 0.25) is 0 Å². The topological polar surface area (TPSA) is 38.7 Å². The van der Waals surface area contributed by atoms with Gasteiger partial charge in [-0.15, -0.1) is 0 Å². The third-order valence-electron chi connectivity index (χ3n) is 4.80. The normalized spacial score (nSPS) is 10.6. The fourth-order valence-electron chi connectivity index (χ4n) is 3.02. The van der Waals surface area contributed by atoms with Crippen molar-refractivity contribution in [1.29, 1.82) is 0 Å². The van der Waals surface area contributed by atoms with Crippen LogP contribution in [0.15, 0.2) is 103 Å². The minimum Gasteiger partial charge on any atom is -0.508 e. The molecule has 0 amide bonds. The molecule has 0 saturated carbocycles. The van der Waals surface area contributed by atoms with Crippen LogP contribution in [0.5, 0.6) is 17.2 Å². The minimum atomic E-state index is 0.264. The average Bonchev–Trinajstić information content (AvgIpc) is 2.88. The van der Waals surface area contributed by atoms with Crippen LogP contribution in [0, 0.1) is 0 Å². The van der Waals surface area contributed by atoms with Crippen LogP contribution in [-0.2, 0) is 0 Å². The van der Waals surface area contributed by atoms with Crippen molar-refractivity contribution >= 4 is 24.3 Å². The lowest BCUT2D eigenvalue weighted by atomic mass is 10.1. The number of aromatic hydroxyl groups is 1. The molecule has 4 rings (SSSR count). The van der Waals surface area contributed by atoms with Gasteiger partial charge in [0, 0.05) is 6.07 Å². The van der Waals surface area contributed by atoms with E-state index >= 15 is 0 Å². The molecular weight excluding hydrogens is 408 g/mol. The predicted octanol–water partition coefficient (Wildman–Crippen LogP) is 7.44. The van der Waals surface area contributed by atoms with Crippen molar-refractivity contribution in [2.75, 3.05) is 14.2 Å². The van der Waals surface area contributed by atoms with E-state index in [9.17, 15) is 5.11 Å². The van der Waals surface area contributed by atoms with E-state index in [4.69, 9.17) is 9.47 Å². The molecule has 166 valence electrons. The van der Waals surface area contributed by atoms with Crippen LogP contribution in [0.2, 0.25) is 0 Å². The maximum Gasteiger partial charge on any atom is 0.123 e. The third-order valence-corrected chi connectivity index (χ3v) is 4.80. The number of hydrogen-bond donors (Lipinski definition) is 1. The van der Waals surface area contributed by atoms with Gasteiger partial charge >= 0.3 is 0 Å². The zero-order valence-corrected chi connectivity index (χ0v) is 18.9. The molecule has 4 aromatic carbocycles. The fraction of sp³-hybridized carbons (Fsp3) is 0.0667. The summed E-state index contributed by atoms with van der Waals surface area (Å²) in [6.07, 6.45) is 8.18.